The van der Waals surface area contributed by atoms with Gasteiger partial charge in [-0.25, -0.2) is 14.5 Å². The van der Waals surface area contributed by atoms with Gasteiger partial charge in [0.2, 0.25) is 0 Å². The quantitative estimate of drug-likeness (QED) is 0.316. The molecule has 0 spiro atoms. The zero-order valence-corrected chi connectivity index (χ0v) is 17.6. The van der Waals surface area contributed by atoms with E-state index in [1.807, 2.05) is 30.3 Å². The zero-order chi connectivity index (χ0) is 21.8. The molecule has 1 heterocycles. The number of nitrogens with zero attached hydrogens (tertiary/aromatic N) is 3. The molecule has 1 amide bonds. The van der Waals surface area contributed by atoms with E-state index in [-0.39, 0.29) is 17.1 Å². The van der Waals surface area contributed by atoms with E-state index in [0.29, 0.717) is 21.3 Å². The van der Waals surface area contributed by atoms with E-state index in [2.05, 4.69) is 31.6 Å². The van der Waals surface area contributed by atoms with Gasteiger partial charge in [-0.3, -0.25) is 4.79 Å². The maximum Gasteiger partial charge on any atom is 0.275 e. The third-order valence-electron chi connectivity index (χ3n) is 4.45. The number of hydrazone groups is 1. The lowest BCUT2D eigenvalue weighted by molar-refractivity contribution is 0.0952. The fourth-order valence-electron chi connectivity index (χ4n) is 2.94. The Morgan fingerprint density at radius 1 is 1.10 bits per heavy atom. The van der Waals surface area contributed by atoms with Crippen LogP contribution in [0.5, 0.6) is 5.75 Å². The van der Waals surface area contributed by atoms with Gasteiger partial charge in [-0.1, -0.05) is 34.1 Å². The normalized spacial score (nSPS) is 11.0. The maximum atomic E-state index is 13.4. The van der Waals surface area contributed by atoms with Crippen molar-refractivity contribution >= 4 is 28.1 Å². The van der Waals surface area contributed by atoms with Crippen LogP contribution in [0.1, 0.15) is 15.9 Å². The molecule has 6 nitrogen and oxygen atoms in total. The number of para-hydroxylation sites is 1. The molecule has 0 unspecified atom stereocenters. The van der Waals surface area contributed by atoms with Crippen molar-refractivity contribution in [3.8, 4) is 22.7 Å². The number of aromatic hydroxyl groups is 1. The highest BCUT2D eigenvalue weighted by Gasteiger charge is 2.13. The topological polar surface area (TPSA) is 79.5 Å². The van der Waals surface area contributed by atoms with Crippen LogP contribution >= 0.6 is 15.9 Å². The SMILES string of the molecule is O=C(NN=Cc1cn(-c2ccccc2)nc1-c1ccc(F)cc1)c1cc(Br)ccc1O. The Morgan fingerprint density at radius 2 is 1.84 bits per heavy atom. The Balaban J connectivity index is 1.64. The molecule has 0 aliphatic rings. The monoisotopic (exact) mass is 478 g/mol. The minimum atomic E-state index is -0.561. The van der Waals surface area contributed by atoms with Crippen LogP contribution in [-0.2, 0) is 0 Å². The molecule has 0 aliphatic carbocycles. The summed E-state index contributed by atoms with van der Waals surface area (Å²) in [5.74, 6) is -1.06. The fraction of sp³-hybridized carbons (Fsp3) is 0. The number of hydrogen-bond acceptors (Lipinski definition) is 4. The molecule has 0 bridgehead atoms. The largest absolute Gasteiger partial charge is 0.507 e. The first-order chi connectivity index (χ1) is 15.0. The summed E-state index contributed by atoms with van der Waals surface area (Å²) in [6.45, 7) is 0. The third-order valence-corrected chi connectivity index (χ3v) is 4.95. The minimum Gasteiger partial charge on any atom is -0.507 e. The van der Waals surface area contributed by atoms with E-state index in [9.17, 15) is 14.3 Å². The summed E-state index contributed by atoms with van der Waals surface area (Å²) in [7, 11) is 0. The van der Waals surface area contributed by atoms with E-state index in [1.54, 1.807) is 29.1 Å². The van der Waals surface area contributed by atoms with Crippen molar-refractivity contribution < 1.29 is 14.3 Å². The van der Waals surface area contributed by atoms with Crippen LogP contribution in [0.3, 0.4) is 0 Å². The second-order valence-electron chi connectivity index (χ2n) is 6.58. The Morgan fingerprint density at radius 3 is 2.58 bits per heavy atom. The average molecular weight is 479 g/mol. The van der Waals surface area contributed by atoms with E-state index in [4.69, 9.17) is 0 Å². The highest BCUT2D eigenvalue weighted by Crippen LogP contribution is 2.24. The van der Waals surface area contributed by atoms with Crippen molar-refractivity contribution in [2.24, 2.45) is 5.10 Å². The number of phenols is 1. The van der Waals surface area contributed by atoms with E-state index < -0.39 is 5.91 Å². The van der Waals surface area contributed by atoms with Crippen LogP contribution in [-0.4, -0.2) is 27.0 Å². The number of phenolic OH excluding ortho intramolecular Hbond substituents is 1. The van der Waals surface area contributed by atoms with E-state index in [1.165, 1.54) is 30.5 Å². The smallest absolute Gasteiger partial charge is 0.275 e. The second kappa shape index (κ2) is 8.93. The summed E-state index contributed by atoms with van der Waals surface area (Å²) < 4.78 is 15.7. The van der Waals surface area contributed by atoms with Crippen molar-refractivity contribution in [2.75, 3.05) is 0 Å². The van der Waals surface area contributed by atoms with Crippen LogP contribution in [0, 0.1) is 5.82 Å². The lowest BCUT2D eigenvalue weighted by Crippen LogP contribution is -2.17. The van der Waals surface area contributed by atoms with E-state index >= 15 is 0 Å². The molecular weight excluding hydrogens is 463 g/mol. The van der Waals surface area contributed by atoms with Crippen LogP contribution in [0.2, 0.25) is 0 Å². The molecule has 8 heteroatoms. The summed E-state index contributed by atoms with van der Waals surface area (Å²) in [6, 6.07) is 20.0. The molecule has 0 aliphatic heterocycles. The molecule has 4 rings (SSSR count). The number of rotatable bonds is 5. The predicted octanol–water partition coefficient (Wildman–Crippen LogP) is 4.91. The molecule has 31 heavy (non-hydrogen) atoms. The van der Waals surface area contributed by atoms with Gasteiger partial charge < -0.3 is 5.11 Å². The lowest BCUT2D eigenvalue weighted by atomic mass is 10.1. The highest BCUT2D eigenvalue weighted by molar-refractivity contribution is 9.10. The number of carbonyl (C=O) groups excluding carboxylic acids is 1. The Kier molecular flexibility index (Phi) is 5.90. The van der Waals surface area contributed by atoms with Gasteiger partial charge in [-0.15, -0.1) is 0 Å². The molecule has 1 aromatic heterocycles. The Hall–Kier alpha value is -3.78. The van der Waals surface area contributed by atoms with Crippen LogP contribution < -0.4 is 5.43 Å². The van der Waals surface area contributed by atoms with Crippen molar-refractivity contribution in [1.82, 2.24) is 15.2 Å². The van der Waals surface area contributed by atoms with E-state index in [0.717, 1.165) is 5.69 Å². The molecule has 0 saturated heterocycles. The number of hydrogen-bond donors (Lipinski definition) is 2. The number of aromatic nitrogens is 2. The molecular formula is C23H16BrFN4O2. The van der Waals surface area contributed by atoms with Crippen molar-refractivity contribution in [2.45, 2.75) is 0 Å². The molecule has 0 fully saturated rings. The molecule has 4 aromatic rings. The predicted molar refractivity (Wildman–Crippen MR) is 120 cm³/mol. The Labute approximate surface area is 185 Å². The van der Waals surface area contributed by atoms with Crippen molar-refractivity contribution in [1.29, 1.82) is 0 Å². The summed E-state index contributed by atoms with van der Waals surface area (Å²) in [6.07, 6.45) is 3.22. The van der Waals surface area contributed by atoms with Crippen molar-refractivity contribution in [3.63, 3.8) is 0 Å². The number of halogens is 2. The van der Waals surface area contributed by atoms with Crippen LogP contribution in [0.25, 0.3) is 16.9 Å². The van der Waals surface area contributed by atoms with Crippen LogP contribution in [0.4, 0.5) is 4.39 Å². The average Bonchev–Trinajstić information content (AvgIpc) is 3.20. The first-order valence-corrected chi connectivity index (χ1v) is 10.0. The Bertz CT molecular complexity index is 1250. The maximum absolute atomic E-state index is 13.4. The minimum absolute atomic E-state index is 0.0882. The standard InChI is InChI=1S/C23H16BrFN4O2/c24-17-8-11-21(30)20(12-17)23(31)27-26-13-16-14-29(19-4-2-1-3-5-19)28-22(16)15-6-9-18(25)10-7-15/h1-14,30H,(H,27,31). The molecule has 0 saturated carbocycles. The van der Waals surface area contributed by atoms with Gasteiger partial charge in [0.15, 0.2) is 0 Å². The number of benzene rings is 3. The van der Waals surface area contributed by atoms with Crippen molar-refractivity contribution in [3.05, 3.63) is 100 Å². The van der Waals surface area contributed by atoms with Gasteiger partial charge in [0.1, 0.15) is 17.3 Å². The number of nitrogens with one attached hydrogen (secondary N) is 1. The first kappa shape index (κ1) is 20.5. The van der Waals surface area contributed by atoms with Gasteiger partial charge in [0.05, 0.1) is 17.5 Å². The van der Waals surface area contributed by atoms with Gasteiger partial charge in [-0.2, -0.15) is 10.2 Å². The van der Waals surface area contributed by atoms with Gasteiger partial charge in [-0.05, 0) is 54.6 Å². The molecule has 154 valence electrons. The summed E-state index contributed by atoms with van der Waals surface area (Å²) in [4.78, 5) is 12.4. The summed E-state index contributed by atoms with van der Waals surface area (Å²) in [5.41, 5.74) is 5.23. The van der Waals surface area contributed by atoms with Gasteiger partial charge in [0.25, 0.3) is 5.91 Å². The number of carbonyl (C=O) groups is 1. The summed E-state index contributed by atoms with van der Waals surface area (Å²) >= 11 is 3.27. The van der Waals surface area contributed by atoms with Crippen LogP contribution in [0.15, 0.2) is 88.6 Å². The molecule has 0 atom stereocenters. The van der Waals surface area contributed by atoms with Gasteiger partial charge >= 0.3 is 0 Å². The third kappa shape index (κ3) is 4.70. The zero-order valence-electron chi connectivity index (χ0n) is 16.0. The summed E-state index contributed by atoms with van der Waals surface area (Å²) in [5, 5.41) is 18.5. The first-order valence-electron chi connectivity index (χ1n) is 9.24. The fourth-order valence-corrected chi connectivity index (χ4v) is 3.30. The lowest BCUT2D eigenvalue weighted by Gasteiger charge is -2.03. The molecule has 0 radical (unpaired) electrons. The molecule has 3 aromatic carbocycles. The number of amides is 1. The molecule has 2 N–H and O–H groups in total. The second-order valence-corrected chi connectivity index (χ2v) is 7.50. The highest BCUT2D eigenvalue weighted by atomic mass is 79.9. The van der Waals surface area contributed by atoms with Gasteiger partial charge in [0, 0.05) is 21.8 Å².